The summed E-state index contributed by atoms with van der Waals surface area (Å²) in [5.74, 6) is 0.666. The van der Waals surface area contributed by atoms with Crippen LogP contribution in [-0.4, -0.2) is 6.04 Å². The Morgan fingerprint density at radius 1 is 1.30 bits per heavy atom. The molecule has 0 aromatic carbocycles. The van der Waals surface area contributed by atoms with Gasteiger partial charge in [0.25, 0.3) is 0 Å². The third kappa shape index (κ3) is 1.84. The first-order chi connectivity index (χ1) is 4.84. The van der Waals surface area contributed by atoms with Crippen LogP contribution in [0, 0.1) is 5.92 Å². The van der Waals surface area contributed by atoms with E-state index in [0.29, 0.717) is 12.0 Å². The largest absolute Gasteiger partial charge is 0.327 e. The molecule has 0 bridgehead atoms. The molecule has 0 aromatic rings. The number of hydrogen-bond donors (Lipinski definition) is 1. The van der Waals surface area contributed by atoms with Gasteiger partial charge < -0.3 is 5.73 Å². The predicted molar refractivity (Wildman–Crippen MR) is 44.7 cm³/mol. The Balaban J connectivity index is 2.39. The third-order valence-electron chi connectivity index (χ3n) is 2.31. The van der Waals surface area contributed by atoms with Crippen LogP contribution in [0.5, 0.6) is 0 Å². The smallest absolute Gasteiger partial charge is 0.0102 e. The van der Waals surface area contributed by atoms with Gasteiger partial charge in [0.05, 0.1) is 0 Å². The van der Waals surface area contributed by atoms with Crippen LogP contribution in [0.1, 0.15) is 32.6 Å². The summed E-state index contributed by atoms with van der Waals surface area (Å²) < 4.78 is 0. The number of rotatable bonds is 1. The minimum absolute atomic E-state index is 0.435. The average molecular weight is 139 g/mol. The van der Waals surface area contributed by atoms with Crippen molar-refractivity contribution in [3.8, 4) is 0 Å². The molecule has 10 heavy (non-hydrogen) atoms. The second-order valence-corrected chi connectivity index (χ2v) is 3.14. The van der Waals surface area contributed by atoms with Crippen molar-refractivity contribution < 1.29 is 0 Å². The summed E-state index contributed by atoms with van der Waals surface area (Å²) in [4.78, 5) is 0. The summed E-state index contributed by atoms with van der Waals surface area (Å²) in [6, 6.07) is 0.435. The SMILES string of the molecule is CC=CC1CCCCC1N. The van der Waals surface area contributed by atoms with E-state index in [4.69, 9.17) is 5.73 Å². The Labute approximate surface area is 63.3 Å². The summed E-state index contributed by atoms with van der Waals surface area (Å²) in [5.41, 5.74) is 5.91. The fraction of sp³-hybridized carbons (Fsp3) is 0.778. The molecule has 1 rings (SSSR count). The van der Waals surface area contributed by atoms with Gasteiger partial charge in [0, 0.05) is 6.04 Å². The lowest BCUT2D eigenvalue weighted by Crippen LogP contribution is -2.31. The Morgan fingerprint density at radius 2 is 2.00 bits per heavy atom. The summed E-state index contributed by atoms with van der Waals surface area (Å²) in [7, 11) is 0. The van der Waals surface area contributed by atoms with E-state index in [0.717, 1.165) is 0 Å². The highest BCUT2D eigenvalue weighted by atomic mass is 14.6. The van der Waals surface area contributed by atoms with E-state index < -0.39 is 0 Å². The van der Waals surface area contributed by atoms with Crippen LogP contribution in [0.15, 0.2) is 12.2 Å². The van der Waals surface area contributed by atoms with Crippen molar-refractivity contribution >= 4 is 0 Å². The summed E-state index contributed by atoms with van der Waals surface area (Å²) in [6.07, 6.45) is 9.58. The van der Waals surface area contributed by atoms with Crippen LogP contribution >= 0.6 is 0 Å². The van der Waals surface area contributed by atoms with E-state index in [1.54, 1.807) is 0 Å². The Bertz CT molecular complexity index is 118. The molecule has 2 unspecified atom stereocenters. The summed E-state index contributed by atoms with van der Waals surface area (Å²) in [5, 5.41) is 0. The van der Waals surface area contributed by atoms with E-state index in [1.165, 1.54) is 25.7 Å². The van der Waals surface area contributed by atoms with Crippen LogP contribution in [-0.2, 0) is 0 Å². The van der Waals surface area contributed by atoms with Crippen LogP contribution in [0.4, 0.5) is 0 Å². The first kappa shape index (κ1) is 7.80. The van der Waals surface area contributed by atoms with Crippen molar-refractivity contribution in [1.82, 2.24) is 0 Å². The van der Waals surface area contributed by atoms with Crippen molar-refractivity contribution in [3.05, 3.63) is 12.2 Å². The molecule has 0 radical (unpaired) electrons. The second kappa shape index (κ2) is 3.77. The summed E-state index contributed by atoms with van der Waals surface area (Å²) in [6.45, 7) is 2.07. The minimum Gasteiger partial charge on any atom is -0.327 e. The first-order valence-corrected chi connectivity index (χ1v) is 4.23. The van der Waals surface area contributed by atoms with Crippen LogP contribution in [0.2, 0.25) is 0 Å². The maximum atomic E-state index is 5.91. The molecule has 0 amide bonds. The van der Waals surface area contributed by atoms with Crippen molar-refractivity contribution in [1.29, 1.82) is 0 Å². The molecule has 0 saturated heterocycles. The molecular weight excluding hydrogens is 122 g/mol. The number of hydrogen-bond acceptors (Lipinski definition) is 1. The topological polar surface area (TPSA) is 26.0 Å². The number of allylic oxidation sites excluding steroid dienone is 1. The Kier molecular flexibility index (Phi) is 2.94. The molecule has 2 atom stereocenters. The van der Waals surface area contributed by atoms with E-state index in [2.05, 4.69) is 19.1 Å². The number of nitrogens with two attached hydrogens (primary N) is 1. The van der Waals surface area contributed by atoms with Gasteiger partial charge in [0.1, 0.15) is 0 Å². The quantitative estimate of drug-likeness (QED) is 0.553. The highest BCUT2D eigenvalue weighted by Crippen LogP contribution is 2.23. The van der Waals surface area contributed by atoms with Gasteiger partial charge in [-0.3, -0.25) is 0 Å². The molecule has 0 heterocycles. The molecule has 1 aliphatic rings. The van der Waals surface area contributed by atoms with E-state index in [9.17, 15) is 0 Å². The molecular formula is C9H17N. The van der Waals surface area contributed by atoms with Crippen LogP contribution < -0.4 is 5.73 Å². The van der Waals surface area contributed by atoms with Gasteiger partial charge in [-0.25, -0.2) is 0 Å². The lowest BCUT2D eigenvalue weighted by atomic mass is 9.85. The molecule has 1 saturated carbocycles. The van der Waals surface area contributed by atoms with Gasteiger partial charge in [0.2, 0.25) is 0 Å². The zero-order valence-corrected chi connectivity index (χ0v) is 6.72. The monoisotopic (exact) mass is 139 g/mol. The molecule has 1 fully saturated rings. The van der Waals surface area contributed by atoms with Gasteiger partial charge in [-0.15, -0.1) is 0 Å². The molecule has 0 aliphatic heterocycles. The Hall–Kier alpha value is -0.300. The van der Waals surface area contributed by atoms with Gasteiger partial charge in [0.15, 0.2) is 0 Å². The normalized spacial score (nSPS) is 35.0. The molecule has 1 aliphatic carbocycles. The molecule has 0 aromatic heterocycles. The van der Waals surface area contributed by atoms with E-state index >= 15 is 0 Å². The molecule has 0 spiro atoms. The van der Waals surface area contributed by atoms with Gasteiger partial charge in [-0.2, -0.15) is 0 Å². The average Bonchev–Trinajstić information content (AvgIpc) is 1.94. The lowest BCUT2D eigenvalue weighted by molar-refractivity contribution is 0.362. The van der Waals surface area contributed by atoms with E-state index in [1.807, 2.05) is 0 Å². The highest BCUT2D eigenvalue weighted by Gasteiger charge is 2.18. The van der Waals surface area contributed by atoms with Crippen molar-refractivity contribution in [3.63, 3.8) is 0 Å². The van der Waals surface area contributed by atoms with Gasteiger partial charge >= 0.3 is 0 Å². The molecule has 2 N–H and O–H groups in total. The maximum Gasteiger partial charge on any atom is 0.0102 e. The highest BCUT2D eigenvalue weighted by molar-refractivity contribution is 4.93. The zero-order valence-electron chi connectivity index (χ0n) is 6.72. The first-order valence-electron chi connectivity index (χ1n) is 4.23. The fourth-order valence-corrected chi connectivity index (χ4v) is 1.67. The lowest BCUT2D eigenvalue weighted by Gasteiger charge is -2.25. The van der Waals surface area contributed by atoms with Gasteiger partial charge in [-0.05, 0) is 25.7 Å². The minimum atomic E-state index is 0.435. The zero-order chi connectivity index (χ0) is 7.40. The molecule has 1 heteroatoms. The van der Waals surface area contributed by atoms with E-state index in [-0.39, 0.29) is 0 Å². The van der Waals surface area contributed by atoms with Crippen LogP contribution in [0.3, 0.4) is 0 Å². The van der Waals surface area contributed by atoms with Crippen LogP contribution in [0.25, 0.3) is 0 Å². The van der Waals surface area contributed by atoms with Crippen molar-refractivity contribution in [2.45, 2.75) is 38.6 Å². The molecule has 58 valence electrons. The van der Waals surface area contributed by atoms with Gasteiger partial charge in [-0.1, -0.05) is 25.0 Å². The van der Waals surface area contributed by atoms with Crippen molar-refractivity contribution in [2.75, 3.05) is 0 Å². The fourth-order valence-electron chi connectivity index (χ4n) is 1.67. The second-order valence-electron chi connectivity index (χ2n) is 3.14. The molecule has 1 nitrogen and oxygen atoms in total. The third-order valence-corrected chi connectivity index (χ3v) is 2.31. The Morgan fingerprint density at radius 3 is 2.60 bits per heavy atom. The maximum absolute atomic E-state index is 5.91. The predicted octanol–water partition coefficient (Wildman–Crippen LogP) is 2.08. The standard InChI is InChI=1S/C9H17N/c1-2-5-8-6-3-4-7-9(8)10/h2,5,8-9H,3-4,6-7,10H2,1H3. The van der Waals surface area contributed by atoms with Crippen molar-refractivity contribution in [2.24, 2.45) is 11.7 Å². The summed E-state index contributed by atoms with van der Waals surface area (Å²) >= 11 is 0.